The number of anilines is 3. The van der Waals surface area contributed by atoms with Crippen molar-refractivity contribution in [1.29, 1.82) is 5.26 Å². The predicted molar refractivity (Wildman–Crippen MR) is 228 cm³/mol. The summed E-state index contributed by atoms with van der Waals surface area (Å²) in [6.07, 6.45) is 0. The molecule has 0 saturated heterocycles. The summed E-state index contributed by atoms with van der Waals surface area (Å²) in [5.74, 6) is 0. The van der Waals surface area contributed by atoms with Crippen LogP contribution in [0.15, 0.2) is 182 Å². The van der Waals surface area contributed by atoms with Gasteiger partial charge in [-0.05, 0) is 79.5 Å². The van der Waals surface area contributed by atoms with E-state index in [1.165, 1.54) is 10.8 Å². The Bertz CT molecular complexity index is 3090. The minimum absolute atomic E-state index is 0.149. The van der Waals surface area contributed by atoms with Crippen LogP contribution < -0.4 is 21.3 Å². The van der Waals surface area contributed by atoms with E-state index in [-0.39, 0.29) is 6.71 Å². The third-order valence-electron chi connectivity index (χ3n) is 10.9. The predicted octanol–water partition coefficient (Wildman–Crippen LogP) is 11.3. The van der Waals surface area contributed by atoms with Gasteiger partial charge in [0.2, 0.25) is 6.71 Å². The van der Waals surface area contributed by atoms with Crippen molar-refractivity contribution in [1.82, 2.24) is 0 Å². The summed E-state index contributed by atoms with van der Waals surface area (Å²) in [5, 5.41) is 21.4. The van der Waals surface area contributed by atoms with Crippen LogP contribution in [0.2, 0.25) is 0 Å². The summed E-state index contributed by atoms with van der Waals surface area (Å²) in [6.45, 7) is 8.35. The van der Waals surface area contributed by atoms with E-state index < -0.39 is 0 Å². The number of rotatable bonds is 6. The number of nitrogens with zero attached hydrogens (tertiary/aromatic N) is 3. The van der Waals surface area contributed by atoms with Gasteiger partial charge in [-0.2, -0.15) is 5.26 Å². The molecule has 0 spiro atoms. The van der Waals surface area contributed by atoms with Crippen LogP contribution in [0.25, 0.3) is 58.7 Å². The van der Waals surface area contributed by atoms with Gasteiger partial charge in [0.25, 0.3) is 0 Å². The number of nitriles is 1. The Kier molecular flexibility index (Phi) is 7.36. The molecular weight excluding hydrogens is 653 g/mol. The Hall–Kier alpha value is -7.40. The van der Waals surface area contributed by atoms with Crippen molar-refractivity contribution >= 4 is 99.7 Å². The number of hydrogen-bond acceptors (Lipinski definition) is 2. The number of para-hydroxylation sites is 2. The highest BCUT2D eigenvalue weighted by Gasteiger charge is 2.29. The van der Waals surface area contributed by atoms with Gasteiger partial charge < -0.3 is 4.90 Å². The van der Waals surface area contributed by atoms with Crippen molar-refractivity contribution in [2.45, 2.75) is 0 Å². The maximum absolute atomic E-state index is 11.1. The van der Waals surface area contributed by atoms with E-state index in [0.717, 1.165) is 76.5 Å². The van der Waals surface area contributed by atoms with Crippen LogP contribution in [0.5, 0.6) is 0 Å². The Morgan fingerprint density at radius 2 is 1.06 bits per heavy atom. The Labute approximate surface area is 313 Å². The van der Waals surface area contributed by atoms with E-state index in [4.69, 9.17) is 6.57 Å². The van der Waals surface area contributed by atoms with E-state index in [2.05, 4.69) is 186 Å². The van der Waals surface area contributed by atoms with E-state index >= 15 is 0 Å². The molecular formula is C50H30BN3. The first kappa shape index (κ1) is 31.3. The first-order valence-electron chi connectivity index (χ1n) is 18.1. The summed E-state index contributed by atoms with van der Waals surface area (Å²) in [4.78, 5) is 6.43. The van der Waals surface area contributed by atoms with Gasteiger partial charge in [-0.3, -0.25) is 0 Å². The molecule has 248 valence electrons. The van der Waals surface area contributed by atoms with Crippen LogP contribution in [-0.4, -0.2) is 6.71 Å². The average Bonchev–Trinajstić information content (AvgIpc) is 3.24. The van der Waals surface area contributed by atoms with Gasteiger partial charge in [-0.1, -0.05) is 162 Å². The number of hydrogen-bond donors (Lipinski definition) is 0. The maximum atomic E-state index is 11.1. The van der Waals surface area contributed by atoms with Crippen molar-refractivity contribution < 1.29 is 0 Å². The van der Waals surface area contributed by atoms with E-state index in [1.807, 2.05) is 12.1 Å². The molecule has 0 saturated carbocycles. The highest BCUT2D eigenvalue weighted by molar-refractivity contribution is 6.97. The van der Waals surface area contributed by atoms with Crippen LogP contribution in [0, 0.1) is 17.9 Å². The van der Waals surface area contributed by atoms with E-state index in [9.17, 15) is 5.26 Å². The third-order valence-corrected chi connectivity index (χ3v) is 10.9. The smallest absolute Gasteiger partial charge is 0.242 e. The molecule has 10 rings (SSSR count). The Morgan fingerprint density at radius 3 is 1.72 bits per heavy atom. The van der Waals surface area contributed by atoms with Crippen LogP contribution in [0.3, 0.4) is 0 Å². The molecule has 0 N–H and O–H groups in total. The highest BCUT2D eigenvalue weighted by Crippen LogP contribution is 2.50. The van der Waals surface area contributed by atoms with E-state index in [0.29, 0.717) is 11.3 Å². The van der Waals surface area contributed by atoms with Gasteiger partial charge in [-0.15, -0.1) is 0 Å². The summed E-state index contributed by atoms with van der Waals surface area (Å²) in [6, 6.07) is 66.1. The Morgan fingerprint density at radius 1 is 0.481 bits per heavy atom. The lowest BCUT2D eigenvalue weighted by Crippen LogP contribution is -2.52. The molecule has 0 atom stereocenters. The van der Waals surface area contributed by atoms with Gasteiger partial charge in [0, 0.05) is 27.8 Å². The molecule has 0 aliphatic rings. The molecule has 3 nitrogen and oxygen atoms in total. The second-order valence-corrected chi connectivity index (χ2v) is 13.8. The fourth-order valence-electron chi connectivity index (χ4n) is 8.66. The molecule has 54 heavy (non-hydrogen) atoms. The van der Waals surface area contributed by atoms with Crippen molar-refractivity contribution in [2.24, 2.45) is 0 Å². The summed E-state index contributed by atoms with van der Waals surface area (Å²) in [5.41, 5.74) is 7.50. The lowest BCUT2D eigenvalue weighted by molar-refractivity contribution is 1.30. The minimum atomic E-state index is -0.149. The van der Waals surface area contributed by atoms with Crippen molar-refractivity contribution in [3.63, 3.8) is 0 Å². The topological polar surface area (TPSA) is 31.4 Å². The zero-order valence-electron chi connectivity index (χ0n) is 29.2. The molecule has 0 unspecified atom stereocenters. The lowest BCUT2D eigenvalue weighted by Gasteiger charge is -2.29. The minimum Gasteiger partial charge on any atom is -0.311 e. The first-order valence-corrected chi connectivity index (χ1v) is 18.1. The molecule has 0 amide bonds. The Balaban J connectivity index is 1.40. The molecule has 0 aliphatic carbocycles. The zero-order valence-corrected chi connectivity index (χ0v) is 29.2. The quantitative estimate of drug-likeness (QED) is 0.0756. The molecule has 0 bridgehead atoms. The summed E-state index contributed by atoms with van der Waals surface area (Å²) in [7, 11) is 0. The fourth-order valence-corrected chi connectivity index (χ4v) is 8.66. The second kappa shape index (κ2) is 12.7. The van der Waals surface area contributed by atoms with Crippen LogP contribution in [0.1, 0.15) is 5.56 Å². The van der Waals surface area contributed by atoms with E-state index in [1.54, 1.807) is 0 Å². The summed E-state index contributed by atoms with van der Waals surface area (Å²) >= 11 is 0. The molecule has 0 aliphatic heterocycles. The van der Waals surface area contributed by atoms with Crippen molar-refractivity contribution in [2.75, 3.05) is 4.90 Å². The molecule has 0 aromatic heterocycles. The molecule has 0 heterocycles. The SMILES string of the molecule is [C-]#[N+]c1cc(N(c2ccccc2)c2ccccc2)c2c3ccccc3c3c(C#N)cc(B(c4ccccc4)c4ccc5ccccc5c4)c4ccc1c2c43. The van der Waals surface area contributed by atoms with Gasteiger partial charge in [0.15, 0.2) is 5.69 Å². The first-order chi connectivity index (χ1) is 26.7. The van der Waals surface area contributed by atoms with Crippen molar-refractivity contribution in [3.05, 3.63) is 199 Å². The molecule has 10 aromatic carbocycles. The largest absolute Gasteiger partial charge is 0.311 e. The third kappa shape index (κ3) is 4.82. The van der Waals surface area contributed by atoms with Crippen LogP contribution in [-0.2, 0) is 0 Å². The van der Waals surface area contributed by atoms with Crippen LogP contribution in [0.4, 0.5) is 22.7 Å². The number of benzene rings is 10. The maximum Gasteiger partial charge on any atom is 0.242 e. The molecule has 10 aromatic rings. The lowest BCUT2D eigenvalue weighted by atomic mass is 9.36. The average molecular weight is 684 g/mol. The number of fused-ring (bicyclic) bond motifs is 4. The second-order valence-electron chi connectivity index (χ2n) is 13.8. The van der Waals surface area contributed by atoms with Gasteiger partial charge in [0.05, 0.1) is 18.2 Å². The molecule has 4 heteroatoms. The highest BCUT2D eigenvalue weighted by atomic mass is 15.1. The standard InChI is InChI=1S/C50H30BN3/c1-53-45-31-46(54(38-19-7-3-8-20-38)39-21-9-4-10-22-39)48-41-24-14-13-23-40(41)47-35(32-52)30-44(42-27-28-43(45)50(48)49(42)47)51(36-17-5-2-6-18-36)37-26-25-33-15-11-12-16-34(33)29-37/h2-31H. The monoisotopic (exact) mass is 683 g/mol. The fraction of sp³-hybridized carbons (Fsp3) is 0. The van der Waals surface area contributed by atoms with Gasteiger partial charge >= 0.3 is 0 Å². The van der Waals surface area contributed by atoms with Gasteiger partial charge in [0.1, 0.15) is 0 Å². The molecule has 0 radical (unpaired) electrons. The zero-order chi connectivity index (χ0) is 36.2. The molecule has 0 fully saturated rings. The van der Waals surface area contributed by atoms with Crippen LogP contribution >= 0.6 is 0 Å². The summed E-state index contributed by atoms with van der Waals surface area (Å²) < 4.78 is 0. The van der Waals surface area contributed by atoms with Crippen molar-refractivity contribution in [3.8, 4) is 6.07 Å². The normalized spacial score (nSPS) is 11.3. The van der Waals surface area contributed by atoms with Gasteiger partial charge in [-0.25, -0.2) is 4.85 Å².